The highest BCUT2D eigenvalue weighted by Crippen LogP contribution is 2.43. The molecule has 0 amide bonds. The number of rotatable bonds is 1. The summed E-state index contributed by atoms with van der Waals surface area (Å²) in [4.78, 5) is 0. The molecule has 2 heteroatoms. The van der Waals surface area contributed by atoms with E-state index in [2.05, 4.69) is 12.5 Å². The molecule has 2 saturated carbocycles. The fourth-order valence-corrected chi connectivity index (χ4v) is 5.12. The van der Waals surface area contributed by atoms with Gasteiger partial charge in [-0.15, -0.1) is 0 Å². The van der Waals surface area contributed by atoms with Crippen LogP contribution in [0.3, 0.4) is 0 Å². The molecule has 0 aromatic rings. The summed E-state index contributed by atoms with van der Waals surface area (Å²) in [7, 11) is 0.554. The molecule has 4 unspecified atom stereocenters. The minimum Gasteiger partial charge on any atom is -0.393 e. The number of hydrogen-bond acceptors (Lipinski definition) is 1. The highest BCUT2D eigenvalue weighted by molar-refractivity contribution is 7.96. The molecule has 0 aliphatic heterocycles. The van der Waals surface area contributed by atoms with Crippen molar-refractivity contribution in [2.45, 2.75) is 49.9 Å². The summed E-state index contributed by atoms with van der Waals surface area (Å²) in [5, 5.41) is 10.9. The van der Waals surface area contributed by atoms with Gasteiger partial charge >= 0.3 is 0 Å². The van der Waals surface area contributed by atoms with E-state index in [1.54, 1.807) is 0 Å². The summed E-state index contributed by atoms with van der Waals surface area (Å²) in [6.45, 7) is 0. The lowest BCUT2D eigenvalue weighted by Gasteiger charge is -2.42. The average molecular weight is 215 g/mol. The summed E-state index contributed by atoms with van der Waals surface area (Å²) in [6, 6.07) is 0. The maximum Gasteiger partial charge on any atom is 0.120 e. The van der Waals surface area contributed by atoms with E-state index in [9.17, 15) is 5.11 Å². The Morgan fingerprint density at radius 2 is 1.57 bits per heavy atom. The van der Waals surface area contributed by atoms with Crippen LogP contribution in [0.4, 0.5) is 0 Å². The molecule has 2 aliphatic carbocycles. The van der Waals surface area contributed by atoms with Crippen molar-refractivity contribution < 1.29 is 5.11 Å². The third-order valence-electron chi connectivity index (χ3n) is 4.20. The quantitative estimate of drug-likeness (QED) is 0.665. The van der Waals surface area contributed by atoms with Gasteiger partial charge in [-0.2, -0.15) is 0 Å². The smallest absolute Gasteiger partial charge is 0.120 e. The van der Waals surface area contributed by atoms with Gasteiger partial charge in [0, 0.05) is 5.92 Å². The van der Waals surface area contributed by atoms with E-state index in [0.29, 0.717) is 16.8 Å². The Hall–Kier alpha value is 0.310. The second-order valence-corrected chi connectivity index (χ2v) is 7.54. The predicted molar refractivity (Wildman–Crippen MR) is 63.7 cm³/mol. The first kappa shape index (κ1) is 10.8. The van der Waals surface area contributed by atoms with Gasteiger partial charge in [-0.1, -0.05) is 12.8 Å². The molecule has 0 saturated heterocycles. The molecule has 14 heavy (non-hydrogen) atoms. The fraction of sp³-hybridized carbons (Fsp3) is 1.00. The van der Waals surface area contributed by atoms with E-state index in [0.717, 1.165) is 17.6 Å². The molecule has 2 fully saturated rings. The van der Waals surface area contributed by atoms with Crippen LogP contribution in [0.2, 0.25) is 0 Å². The molecule has 0 heterocycles. The molecule has 0 aromatic carbocycles. The lowest BCUT2D eigenvalue weighted by Crippen LogP contribution is -2.45. The summed E-state index contributed by atoms with van der Waals surface area (Å²) >= 11 is 0. The van der Waals surface area contributed by atoms with E-state index in [4.69, 9.17) is 0 Å². The summed E-state index contributed by atoms with van der Waals surface area (Å²) in [6.07, 6.45) is 12.6. The van der Waals surface area contributed by atoms with Gasteiger partial charge in [-0.25, -0.2) is 0 Å². The van der Waals surface area contributed by atoms with Crippen LogP contribution in [0.5, 0.6) is 0 Å². The first-order valence-electron chi connectivity index (χ1n) is 5.94. The predicted octanol–water partition coefficient (Wildman–Crippen LogP) is 2.19. The van der Waals surface area contributed by atoms with E-state index in [1.807, 2.05) is 0 Å². The third kappa shape index (κ3) is 1.96. The van der Waals surface area contributed by atoms with Gasteiger partial charge in [-0.3, -0.25) is 0 Å². The largest absolute Gasteiger partial charge is 0.393 e. The van der Waals surface area contributed by atoms with Crippen LogP contribution in [0.25, 0.3) is 0 Å². The van der Waals surface area contributed by atoms with Crippen molar-refractivity contribution in [3.05, 3.63) is 0 Å². The van der Waals surface area contributed by atoms with E-state index < -0.39 is 0 Å². The molecule has 2 aliphatic rings. The normalized spacial score (nSPS) is 43.7. The van der Waals surface area contributed by atoms with Crippen LogP contribution < -0.4 is 0 Å². The van der Waals surface area contributed by atoms with Crippen LogP contribution in [-0.4, -0.2) is 29.0 Å². The van der Waals surface area contributed by atoms with Crippen molar-refractivity contribution >= 4 is 10.9 Å². The first-order chi connectivity index (χ1) is 6.70. The van der Waals surface area contributed by atoms with Crippen LogP contribution in [0.15, 0.2) is 0 Å². The zero-order valence-electron chi connectivity index (χ0n) is 9.41. The van der Waals surface area contributed by atoms with Gasteiger partial charge in [0.2, 0.25) is 0 Å². The summed E-state index contributed by atoms with van der Waals surface area (Å²) in [5.74, 6) is 1.50. The summed E-state index contributed by atoms with van der Waals surface area (Å²) < 4.78 is 0. The maximum absolute atomic E-state index is 10.0. The van der Waals surface area contributed by atoms with Crippen molar-refractivity contribution in [3.63, 3.8) is 0 Å². The lowest BCUT2D eigenvalue weighted by atomic mass is 9.69. The molecule has 82 valence electrons. The van der Waals surface area contributed by atoms with E-state index in [1.165, 1.54) is 32.1 Å². The number of aliphatic hydroxyl groups excluding tert-OH is 1. The highest BCUT2D eigenvalue weighted by atomic mass is 32.2. The standard InChI is InChI=1S/C12H23OS/c1-14(2)12-8-7-11(13)9-5-3-4-6-10(9)12/h9-13H,3-8H2,1-2H3/q+1. The molecule has 0 radical (unpaired) electrons. The molecule has 2 rings (SSSR count). The van der Waals surface area contributed by atoms with Gasteiger partial charge < -0.3 is 5.11 Å². The number of fused-ring (bicyclic) bond motifs is 1. The fourth-order valence-electron chi connectivity index (χ4n) is 3.48. The molecule has 0 aromatic heterocycles. The molecule has 0 bridgehead atoms. The van der Waals surface area contributed by atoms with Crippen LogP contribution in [0.1, 0.15) is 38.5 Å². The van der Waals surface area contributed by atoms with Gasteiger partial charge in [0.1, 0.15) is 5.25 Å². The van der Waals surface area contributed by atoms with Crippen molar-refractivity contribution in [1.29, 1.82) is 0 Å². The monoisotopic (exact) mass is 215 g/mol. The second-order valence-electron chi connectivity index (χ2n) is 5.17. The Morgan fingerprint density at radius 1 is 0.929 bits per heavy atom. The molecular weight excluding hydrogens is 192 g/mol. The maximum atomic E-state index is 10.0. The van der Waals surface area contributed by atoms with Crippen LogP contribution in [0, 0.1) is 11.8 Å². The van der Waals surface area contributed by atoms with Crippen molar-refractivity contribution in [2.24, 2.45) is 11.8 Å². The zero-order chi connectivity index (χ0) is 10.1. The Labute approximate surface area is 90.6 Å². The minimum absolute atomic E-state index is 0.0279. The minimum atomic E-state index is 0.0279. The van der Waals surface area contributed by atoms with Gasteiger partial charge in [0.05, 0.1) is 18.6 Å². The SMILES string of the molecule is C[S+](C)C1CCC(O)C2CCCCC21. The Bertz CT molecular complexity index is 191. The van der Waals surface area contributed by atoms with E-state index in [-0.39, 0.29) is 6.10 Å². The van der Waals surface area contributed by atoms with Crippen molar-refractivity contribution in [1.82, 2.24) is 0 Å². The highest BCUT2D eigenvalue weighted by Gasteiger charge is 2.44. The molecule has 1 N–H and O–H groups in total. The van der Waals surface area contributed by atoms with Gasteiger partial charge in [-0.05, 0) is 42.5 Å². The van der Waals surface area contributed by atoms with Crippen LogP contribution in [-0.2, 0) is 10.9 Å². The van der Waals surface area contributed by atoms with E-state index >= 15 is 0 Å². The average Bonchev–Trinajstić information content (AvgIpc) is 2.18. The number of hydrogen-bond donors (Lipinski definition) is 1. The Balaban J connectivity index is 2.08. The Kier molecular flexibility index (Phi) is 3.43. The molecule has 1 nitrogen and oxygen atoms in total. The second kappa shape index (κ2) is 4.44. The first-order valence-corrected chi connectivity index (χ1v) is 8.05. The molecule has 4 atom stereocenters. The zero-order valence-corrected chi connectivity index (χ0v) is 10.2. The van der Waals surface area contributed by atoms with Crippen LogP contribution >= 0.6 is 0 Å². The van der Waals surface area contributed by atoms with Gasteiger partial charge in [0.15, 0.2) is 0 Å². The topological polar surface area (TPSA) is 20.2 Å². The van der Waals surface area contributed by atoms with Crippen molar-refractivity contribution in [2.75, 3.05) is 12.5 Å². The lowest BCUT2D eigenvalue weighted by molar-refractivity contribution is 0.0135. The number of aliphatic hydroxyl groups is 1. The Morgan fingerprint density at radius 3 is 2.21 bits per heavy atom. The molecule has 0 spiro atoms. The third-order valence-corrected chi connectivity index (χ3v) is 6.00. The van der Waals surface area contributed by atoms with Crippen molar-refractivity contribution in [3.8, 4) is 0 Å². The molecular formula is C12H23OS+. The summed E-state index contributed by atoms with van der Waals surface area (Å²) in [5.41, 5.74) is 0. The van der Waals surface area contributed by atoms with Gasteiger partial charge in [0.25, 0.3) is 0 Å².